The Balaban J connectivity index is 1.62. The summed E-state index contributed by atoms with van der Waals surface area (Å²) < 4.78 is 89.3. The summed E-state index contributed by atoms with van der Waals surface area (Å²) >= 11 is 5.95. The van der Waals surface area contributed by atoms with Gasteiger partial charge in [0, 0.05) is 5.02 Å². The monoisotopic (exact) mass is 611 g/mol. The summed E-state index contributed by atoms with van der Waals surface area (Å²) in [4.78, 5) is 18.1. The van der Waals surface area contributed by atoms with Crippen molar-refractivity contribution in [3.05, 3.63) is 94.3 Å². The third-order valence-electron chi connectivity index (χ3n) is 6.50. The van der Waals surface area contributed by atoms with Crippen LogP contribution in [-0.2, 0) is 27.7 Å². The first-order valence-electron chi connectivity index (χ1n) is 11.8. The molecule has 2 heterocycles. The van der Waals surface area contributed by atoms with Crippen molar-refractivity contribution in [2.75, 3.05) is 10.7 Å². The minimum absolute atomic E-state index is 0.00708. The first kappa shape index (κ1) is 28.8. The van der Waals surface area contributed by atoms with E-state index in [1.807, 2.05) is 0 Å². The summed E-state index contributed by atoms with van der Waals surface area (Å²) in [5.74, 6) is -4.51. The maximum Gasteiger partial charge on any atom is 0.419 e. The van der Waals surface area contributed by atoms with Crippen LogP contribution >= 0.6 is 11.6 Å². The smallest absolute Gasteiger partial charge is 0.336 e. The van der Waals surface area contributed by atoms with Crippen molar-refractivity contribution in [1.29, 1.82) is 0 Å². The fourth-order valence-corrected chi connectivity index (χ4v) is 5.71. The molecule has 5 rings (SSSR count). The molecule has 3 atom stereocenters. The number of alkyl halides is 3. The summed E-state index contributed by atoms with van der Waals surface area (Å²) in [7, 11) is -1.90. The van der Waals surface area contributed by atoms with Crippen LogP contribution in [0.15, 0.2) is 70.1 Å². The number of halogens is 6. The van der Waals surface area contributed by atoms with E-state index < -0.39 is 68.9 Å². The van der Waals surface area contributed by atoms with Crippen LogP contribution < -0.4 is 16.4 Å². The average molecular weight is 612 g/mol. The number of aromatic nitrogens is 2. The second-order valence-corrected chi connectivity index (χ2v) is 11.1. The number of hydrogen-bond acceptors (Lipinski definition) is 7. The molecule has 1 aromatic heterocycles. The molecule has 214 valence electrons. The lowest BCUT2D eigenvalue weighted by Gasteiger charge is -2.28. The maximum absolute atomic E-state index is 15.4. The van der Waals surface area contributed by atoms with E-state index in [-0.39, 0.29) is 22.9 Å². The second kappa shape index (κ2) is 10.6. The summed E-state index contributed by atoms with van der Waals surface area (Å²) in [5, 5.41) is 3.96. The zero-order valence-electron chi connectivity index (χ0n) is 20.7. The molecule has 1 amide bonds. The van der Waals surface area contributed by atoms with Crippen LogP contribution in [0, 0.1) is 11.6 Å². The van der Waals surface area contributed by atoms with E-state index in [2.05, 4.69) is 10.1 Å². The summed E-state index contributed by atoms with van der Waals surface area (Å²) in [5.41, 5.74) is 7.90. The Kier molecular flexibility index (Phi) is 7.44. The fraction of sp³-hybridized carbons (Fsp3) is 0.192. The largest absolute Gasteiger partial charge is 0.419 e. The van der Waals surface area contributed by atoms with Crippen molar-refractivity contribution in [2.45, 2.75) is 29.2 Å². The summed E-state index contributed by atoms with van der Waals surface area (Å²) in [6, 6.07) is 10.5. The predicted molar refractivity (Wildman–Crippen MR) is 139 cm³/mol. The number of nitrogens with zero attached hydrogens (tertiary/aromatic N) is 3. The van der Waals surface area contributed by atoms with E-state index in [1.165, 1.54) is 4.90 Å². The molecule has 0 spiro atoms. The molecule has 4 aromatic rings. The van der Waals surface area contributed by atoms with Crippen LogP contribution in [0.2, 0.25) is 5.02 Å². The normalized spacial score (nSPS) is 19.0. The molecule has 15 heteroatoms. The van der Waals surface area contributed by atoms with Crippen LogP contribution in [0.25, 0.3) is 11.4 Å². The molecule has 0 radical (unpaired) electrons. The highest BCUT2D eigenvalue weighted by molar-refractivity contribution is 7.85. The number of fused-ring (bicyclic) bond motifs is 1. The molecule has 0 fully saturated rings. The molecular weight excluding hydrogens is 593 g/mol. The van der Waals surface area contributed by atoms with Gasteiger partial charge in [0.2, 0.25) is 17.3 Å². The number of hydrogen-bond donors (Lipinski definition) is 2. The van der Waals surface area contributed by atoms with Crippen LogP contribution in [0.1, 0.15) is 17.0 Å². The first-order valence-corrected chi connectivity index (χ1v) is 13.5. The van der Waals surface area contributed by atoms with E-state index >= 15 is 4.39 Å². The SMILES string of the molecule is N[C@H]1CS(=O)c2cc(F)c(-c3noc(C(N)(c4ccc(F)cc4)C(F)(F)F)n3)cc2N(Cc2ccc(Cl)cc2)C1=O. The van der Waals surface area contributed by atoms with Gasteiger partial charge in [0.05, 0.1) is 45.3 Å². The van der Waals surface area contributed by atoms with Crippen molar-refractivity contribution < 1.29 is 35.5 Å². The fourth-order valence-electron chi connectivity index (χ4n) is 4.30. The van der Waals surface area contributed by atoms with E-state index in [1.54, 1.807) is 24.3 Å². The number of carbonyl (C=O) groups is 1. The number of amides is 1. The van der Waals surface area contributed by atoms with Gasteiger partial charge in [0.1, 0.15) is 11.6 Å². The van der Waals surface area contributed by atoms with Crippen LogP contribution in [0.5, 0.6) is 0 Å². The quantitative estimate of drug-likeness (QED) is 0.320. The van der Waals surface area contributed by atoms with Crippen LogP contribution in [0.4, 0.5) is 27.6 Å². The van der Waals surface area contributed by atoms with Crippen molar-refractivity contribution in [3.8, 4) is 11.4 Å². The molecule has 0 bridgehead atoms. The number of benzene rings is 3. The Hall–Kier alpha value is -3.72. The van der Waals surface area contributed by atoms with Gasteiger partial charge in [-0.25, -0.2) is 8.78 Å². The minimum Gasteiger partial charge on any atom is -0.336 e. The minimum atomic E-state index is -5.18. The van der Waals surface area contributed by atoms with Gasteiger partial charge in [-0.2, -0.15) is 18.2 Å². The Morgan fingerprint density at radius 2 is 1.73 bits per heavy atom. The van der Waals surface area contributed by atoms with Crippen molar-refractivity contribution in [1.82, 2.24) is 10.1 Å². The van der Waals surface area contributed by atoms with Crippen molar-refractivity contribution in [2.24, 2.45) is 11.5 Å². The molecule has 8 nitrogen and oxygen atoms in total. The van der Waals surface area contributed by atoms with Gasteiger partial charge in [-0.1, -0.05) is 41.0 Å². The van der Waals surface area contributed by atoms with Crippen LogP contribution in [0.3, 0.4) is 0 Å². The van der Waals surface area contributed by atoms with E-state index in [4.69, 9.17) is 27.6 Å². The molecular formula is C26H19ClF5N5O3S. The standard InChI is InChI=1S/C26H19ClF5N5O3S/c27-15-5-1-13(2-6-15)11-37-20-9-17(18(29)10-21(20)41(39)12-19(33)23(37)38)22-35-24(40-36-22)25(34,26(30,31)32)14-3-7-16(28)8-4-14/h1-10,19H,11-12,33-34H2/t19-,25?,41?/m0/s1. The maximum atomic E-state index is 15.4. The van der Waals surface area contributed by atoms with Crippen LogP contribution in [-0.4, -0.2) is 38.2 Å². The highest BCUT2D eigenvalue weighted by atomic mass is 35.5. The highest BCUT2D eigenvalue weighted by Crippen LogP contribution is 2.42. The van der Waals surface area contributed by atoms with Gasteiger partial charge in [-0.15, -0.1) is 0 Å². The Bertz CT molecular complexity index is 1650. The number of anilines is 1. The van der Waals surface area contributed by atoms with Crippen molar-refractivity contribution >= 4 is 34.0 Å². The molecule has 2 unspecified atom stereocenters. The van der Waals surface area contributed by atoms with E-state index in [9.17, 15) is 26.6 Å². The van der Waals surface area contributed by atoms with Gasteiger partial charge >= 0.3 is 6.18 Å². The summed E-state index contributed by atoms with van der Waals surface area (Å²) in [6.45, 7) is -0.0684. The molecule has 0 saturated heterocycles. The lowest BCUT2D eigenvalue weighted by Crippen LogP contribution is -2.51. The van der Waals surface area contributed by atoms with Gasteiger partial charge < -0.3 is 20.9 Å². The molecule has 0 aliphatic carbocycles. The molecule has 1 aliphatic rings. The van der Waals surface area contributed by atoms with E-state index in [0.29, 0.717) is 10.6 Å². The van der Waals surface area contributed by atoms with Gasteiger partial charge in [-0.3, -0.25) is 9.00 Å². The highest BCUT2D eigenvalue weighted by Gasteiger charge is 2.58. The number of nitrogens with two attached hydrogens (primary N) is 2. The van der Waals surface area contributed by atoms with Crippen molar-refractivity contribution in [3.63, 3.8) is 0 Å². The van der Waals surface area contributed by atoms with E-state index in [0.717, 1.165) is 36.4 Å². The Labute approximate surface area is 236 Å². The first-order chi connectivity index (χ1) is 19.3. The lowest BCUT2D eigenvalue weighted by atomic mass is 9.90. The molecule has 0 saturated carbocycles. The third-order valence-corrected chi connectivity index (χ3v) is 8.24. The van der Waals surface area contributed by atoms with Gasteiger partial charge in [0.25, 0.3) is 5.89 Å². The van der Waals surface area contributed by atoms with Gasteiger partial charge in [-0.05, 0) is 47.5 Å². The zero-order chi connectivity index (χ0) is 29.7. The third kappa shape index (κ3) is 5.23. The topological polar surface area (TPSA) is 128 Å². The average Bonchev–Trinajstić information content (AvgIpc) is 3.39. The van der Waals surface area contributed by atoms with Gasteiger partial charge in [0.15, 0.2) is 0 Å². The Morgan fingerprint density at radius 1 is 1.07 bits per heavy atom. The Morgan fingerprint density at radius 3 is 2.37 bits per heavy atom. The number of carbonyl (C=O) groups excluding carboxylic acids is 1. The zero-order valence-corrected chi connectivity index (χ0v) is 22.2. The summed E-state index contributed by atoms with van der Waals surface area (Å²) in [6.07, 6.45) is -5.18. The molecule has 1 aliphatic heterocycles. The second-order valence-electron chi connectivity index (χ2n) is 9.21. The molecule has 3 aromatic carbocycles. The molecule has 4 N–H and O–H groups in total. The molecule has 41 heavy (non-hydrogen) atoms. The lowest BCUT2D eigenvalue weighted by molar-refractivity contribution is -0.183. The number of rotatable bonds is 5. The predicted octanol–water partition coefficient (Wildman–Crippen LogP) is 4.41.